The smallest absolute Gasteiger partial charge is 0.272 e. The Balaban J connectivity index is 1.67. The second-order valence-corrected chi connectivity index (χ2v) is 7.68. The first-order valence-corrected chi connectivity index (χ1v) is 9.77. The summed E-state index contributed by atoms with van der Waals surface area (Å²) in [7, 11) is 0. The van der Waals surface area contributed by atoms with Gasteiger partial charge in [-0.3, -0.25) is 4.79 Å². The standard InChI is InChI=1S/C19H22BrN3O2/c20-13-5-3-7-15(11-13)23-17-9-2-1-8-16(17)18(22-23)19(24)21-14-6-4-10-25-12-14/h3,5,7,11,14H,1-2,4,6,8-10,12H2,(H,21,24). The van der Waals surface area contributed by atoms with E-state index < -0.39 is 0 Å². The largest absolute Gasteiger partial charge is 0.379 e. The number of ether oxygens (including phenoxy) is 1. The highest BCUT2D eigenvalue weighted by molar-refractivity contribution is 9.10. The molecule has 0 spiro atoms. The van der Waals surface area contributed by atoms with Gasteiger partial charge in [0.15, 0.2) is 5.69 Å². The normalized spacial score (nSPS) is 20.1. The van der Waals surface area contributed by atoms with E-state index in [2.05, 4.69) is 21.2 Å². The minimum Gasteiger partial charge on any atom is -0.379 e. The van der Waals surface area contributed by atoms with E-state index in [9.17, 15) is 4.79 Å². The van der Waals surface area contributed by atoms with Crippen LogP contribution in [-0.4, -0.2) is 34.9 Å². The lowest BCUT2D eigenvalue weighted by atomic mass is 9.95. The molecule has 1 amide bonds. The van der Waals surface area contributed by atoms with E-state index in [0.29, 0.717) is 12.3 Å². The molecule has 2 heterocycles. The number of fused-ring (bicyclic) bond motifs is 1. The number of carbonyl (C=O) groups is 1. The number of aromatic nitrogens is 2. The van der Waals surface area contributed by atoms with Crippen molar-refractivity contribution in [3.05, 3.63) is 45.7 Å². The predicted molar refractivity (Wildman–Crippen MR) is 99.2 cm³/mol. The molecule has 1 unspecified atom stereocenters. The highest BCUT2D eigenvalue weighted by atomic mass is 79.9. The van der Waals surface area contributed by atoms with E-state index in [0.717, 1.165) is 60.9 Å². The summed E-state index contributed by atoms with van der Waals surface area (Å²) in [5, 5.41) is 7.82. The monoisotopic (exact) mass is 403 g/mol. The van der Waals surface area contributed by atoms with Gasteiger partial charge in [0.05, 0.1) is 18.3 Å². The third kappa shape index (κ3) is 3.51. The number of hydrogen-bond donors (Lipinski definition) is 1. The first-order valence-electron chi connectivity index (χ1n) is 8.97. The quantitative estimate of drug-likeness (QED) is 0.853. The van der Waals surface area contributed by atoms with Gasteiger partial charge < -0.3 is 10.1 Å². The van der Waals surface area contributed by atoms with Crippen LogP contribution in [0.1, 0.15) is 47.4 Å². The molecule has 1 aliphatic carbocycles. The Labute approximate surface area is 155 Å². The van der Waals surface area contributed by atoms with Gasteiger partial charge in [0.1, 0.15) is 0 Å². The molecule has 4 rings (SSSR count). The molecule has 2 aromatic rings. The SMILES string of the molecule is O=C(NC1CCCOC1)c1nn(-c2cccc(Br)c2)c2c1CCCC2. The summed E-state index contributed by atoms with van der Waals surface area (Å²) in [6.07, 6.45) is 6.12. The van der Waals surface area contributed by atoms with Crippen LogP contribution in [0.2, 0.25) is 0 Å². The molecule has 0 radical (unpaired) electrons. The number of amides is 1. The number of nitrogens with zero attached hydrogens (tertiary/aromatic N) is 2. The van der Waals surface area contributed by atoms with Gasteiger partial charge in [0.2, 0.25) is 0 Å². The van der Waals surface area contributed by atoms with E-state index in [1.54, 1.807) is 0 Å². The van der Waals surface area contributed by atoms with Gasteiger partial charge >= 0.3 is 0 Å². The number of rotatable bonds is 3. The molecule has 1 aliphatic heterocycles. The van der Waals surface area contributed by atoms with Gasteiger partial charge in [0, 0.05) is 22.3 Å². The summed E-state index contributed by atoms with van der Waals surface area (Å²) in [6, 6.07) is 8.16. The lowest BCUT2D eigenvalue weighted by Crippen LogP contribution is -2.41. The molecule has 1 fully saturated rings. The van der Waals surface area contributed by atoms with Crippen molar-refractivity contribution in [2.45, 2.75) is 44.6 Å². The molecule has 1 saturated heterocycles. The first-order chi connectivity index (χ1) is 12.2. The van der Waals surface area contributed by atoms with Crippen LogP contribution in [0.15, 0.2) is 28.7 Å². The Morgan fingerprint density at radius 2 is 2.16 bits per heavy atom. The van der Waals surface area contributed by atoms with Gasteiger partial charge in [-0.2, -0.15) is 5.10 Å². The first kappa shape index (κ1) is 16.8. The molecule has 132 valence electrons. The molecule has 0 saturated carbocycles. The van der Waals surface area contributed by atoms with Crippen LogP contribution in [0.5, 0.6) is 0 Å². The highest BCUT2D eigenvalue weighted by Gasteiger charge is 2.27. The Morgan fingerprint density at radius 3 is 2.96 bits per heavy atom. The topological polar surface area (TPSA) is 56.1 Å². The fraction of sp³-hybridized carbons (Fsp3) is 0.474. The van der Waals surface area contributed by atoms with Crippen LogP contribution >= 0.6 is 15.9 Å². The highest BCUT2D eigenvalue weighted by Crippen LogP contribution is 2.28. The molecule has 6 heteroatoms. The zero-order valence-corrected chi connectivity index (χ0v) is 15.7. The van der Waals surface area contributed by atoms with Crippen molar-refractivity contribution in [1.82, 2.24) is 15.1 Å². The number of hydrogen-bond acceptors (Lipinski definition) is 3. The van der Waals surface area contributed by atoms with E-state index >= 15 is 0 Å². The molecule has 1 N–H and O–H groups in total. The number of halogens is 1. The third-order valence-electron chi connectivity index (χ3n) is 4.94. The molecule has 1 aromatic carbocycles. The maximum Gasteiger partial charge on any atom is 0.272 e. The van der Waals surface area contributed by atoms with Crippen molar-refractivity contribution in [2.75, 3.05) is 13.2 Å². The predicted octanol–water partition coefficient (Wildman–Crippen LogP) is 3.42. The number of nitrogens with one attached hydrogen (secondary N) is 1. The molecule has 25 heavy (non-hydrogen) atoms. The lowest BCUT2D eigenvalue weighted by molar-refractivity contribution is 0.0621. The second kappa shape index (κ2) is 7.30. The van der Waals surface area contributed by atoms with Gasteiger partial charge in [0.25, 0.3) is 5.91 Å². The van der Waals surface area contributed by atoms with Crippen LogP contribution in [-0.2, 0) is 17.6 Å². The number of carbonyl (C=O) groups excluding carboxylic acids is 1. The molecule has 2 aliphatic rings. The summed E-state index contributed by atoms with van der Waals surface area (Å²) in [5.74, 6) is -0.0672. The Kier molecular flexibility index (Phi) is 4.90. The van der Waals surface area contributed by atoms with Gasteiger partial charge in [-0.05, 0) is 56.7 Å². The molecule has 0 bridgehead atoms. The minimum atomic E-state index is -0.0672. The van der Waals surface area contributed by atoms with Crippen LogP contribution in [0.3, 0.4) is 0 Å². The minimum absolute atomic E-state index is 0.0672. The number of benzene rings is 1. The Bertz CT molecular complexity index is 781. The Hall–Kier alpha value is -1.66. The zero-order chi connectivity index (χ0) is 17.2. The molecular weight excluding hydrogens is 382 g/mol. The van der Waals surface area contributed by atoms with Crippen molar-refractivity contribution in [1.29, 1.82) is 0 Å². The molecule has 5 nitrogen and oxygen atoms in total. The van der Waals surface area contributed by atoms with Crippen molar-refractivity contribution < 1.29 is 9.53 Å². The van der Waals surface area contributed by atoms with E-state index in [1.165, 1.54) is 5.69 Å². The third-order valence-corrected chi connectivity index (χ3v) is 5.44. The lowest BCUT2D eigenvalue weighted by Gasteiger charge is -2.23. The van der Waals surface area contributed by atoms with Crippen molar-refractivity contribution >= 4 is 21.8 Å². The van der Waals surface area contributed by atoms with Crippen molar-refractivity contribution in [3.63, 3.8) is 0 Å². The van der Waals surface area contributed by atoms with Gasteiger partial charge in [-0.1, -0.05) is 22.0 Å². The average Bonchev–Trinajstić information content (AvgIpc) is 3.02. The summed E-state index contributed by atoms with van der Waals surface area (Å²) in [6.45, 7) is 1.39. The molecule has 1 atom stereocenters. The fourth-order valence-electron chi connectivity index (χ4n) is 3.71. The van der Waals surface area contributed by atoms with Crippen molar-refractivity contribution in [3.8, 4) is 5.69 Å². The average molecular weight is 404 g/mol. The zero-order valence-electron chi connectivity index (χ0n) is 14.1. The summed E-state index contributed by atoms with van der Waals surface area (Å²) in [4.78, 5) is 12.8. The molecule has 1 aromatic heterocycles. The summed E-state index contributed by atoms with van der Waals surface area (Å²) in [5.41, 5.74) is 3.86. The van der Waals surface area contributed by atoms with Crippen LogP contribution in [0.25, 0.3) is 5.69 Å². The summed E-state index contributed by atoms with van der Waals surface area (Å²) >= 11 is 3.52. The van der Waals surface area contributed by atoms with E-state index in [1.807, 2.05) is 28.9 Å². The Morgan fingerprint density at radius 1 is 1.28 bits per heavy atom. The van der Waals surface area contributed by atoms with E-state index in [4.69, 9.17) is 9.84 Å². The fourth-order valence-corrected chi connectivity index (χ4v) is 4.10. The second-order valence-electron chi connectivity index (χ2n) is 6.76. The molecular formula is C19H22BrN3O2. The van der Waals surface area contributed by atoms with Crippen molar-refractivity contribution in [2.24, 2.45) is 0 Å². The summed E-state index contributed by atoms with van der Waals surface area (Å²) < 4.78 is 8.43. The van der Waals surface area contributed by atoms with Crippen LogP contribution in [0.4, 0.5) is 0 Å². The van der Waals surface area contributed by atoms with E-state index in [-0.39, 0.29) is 11.9 Å². The van der Waals surface area contributed by atoms with Crippen LogP contribution < -0.4 is 5.32 Å². The van der Waals surface area contributed by atoms with Crippen LogP contribution in [0, 0.1) is 0 Å². The van der Waals surface area contributed by atoms with Gasteiger partial charge in [-0.25, -0.2) is 4.68 Å². The maximum atomic E-state index is 12.8. The maximum absolute atomic E-state index is 12.8. The van der Waals surface area contributed by atoms with Gasteiger partial charge in [-0.15, -0.1) is 0 Å².